The number of hydrogen-bond acceptors (Lipinski definition) is 3. The van der Waals surface area contributed by atoms with E-state index in [2.05, 4.69) is 21.2 Å². The van der Waals surface area contributed by atoms with Gasteiger partial charge in [0.15, 0.2) is 0 Å². The first-order chi connectivity index (χ1) is 10.1. The summed E-state index contributed by atoms with van der Waals surface area (Å²) in [5.41, 5.74) is 0.606. The van der Waals surface area contributed by atoms with Gasteiger partial charge in [0.25, 0.3) is 5.91 Å². The average molecular weight is 355 g/mol. The lowest BCUT2D eigenvalue weighted by Crippen LogP contribution is -2.46. The number of ether oxygens (including phenoxy) is 1. The number of methoxy groups -OCH3 is 1. The maximum absolute atomic E-state index is 12.5. The van der Waals surface area contributed by atoms with Crippen molar-refractivity contribution in [3.05, 3.63) is 34.3 Å². The van der Waals surface area contributed by atoms with Gasteiger partial charge in [-0.15, -0.1) is 0 Å². The van der Waals surface area contributed by atoms with Gasteiger partial charge in [0.05, 0.1) is 6.61 Å². The van der Waals surface area contributed by atoms with Crippen LogP contribution in [-0.2, 0) is 9.53 Å². The van der Waals surface area contributed by atoms with Gasteiger partial charge in [0.1, 0.15) is 6.04 Å². The molecule has 1 aromatic carbocycles. The number of rotatable bonds is 5. The third kappa shape index (κ3) is 4.04. The molecular weight excluding hydrogens is 336 g/mol. The fourth-order valence-corrected chi connectivity index (χ4v) is 2.70. The van der Waals surface area contributed by atoms with Crippen molar-refractivity contribution in [2.24, 2.45) is 0 Å². The normalized spacial score (nSPS) is 17.8. The fraction of sp³-hybridized carbons (Fsp3) is 0.467. The molecule has 2 rings (SSSR count). The number of amides is 2. The standard InChI is InChI=1S/C15H19BrN2O3/c1-21-10-8-17-14(19)13-3-2-9-18(13)15(20)11-4-6-12(16)7-5-11/h4-7,13H,2-3,8-10H2,1H3,(H,17,19)/t13-/m0/s1. The van der Waals surface area contributed by atoms with E-state index in [0.29, 0.717) is 31.7 Å². The highest BCUT2D eigenvalue weighted by molar-refractivity contribution is 9.10. The molecule has 1 fully saturated rings. The predicted octanol–water partition coefficient (Wildman–Crippen LogP) is 1.82. The summed E-state index contributed by atoms with van der Waals surface area (Å²) in [4.78, 5) is 26.3. The van der Waals surface area contributed by atoms with Gasteiger partial charge in [0.2, 0.25) is 5.91 Å². The first-order valence-electron chi connectivity index (χ1n) is 6.96. The first-order valence-corrected chi connectivity index (χ1v) is 7.76. The number of carbonyl (C=O) groups is 2. The lowest BCUT2D eigenvalue weighted by Gasteiger charge is -2.24. The second kappa shape index (κ2) is 7.56. The van der Waals surface area contributed by atoms with Gasteiger partial charge in [-0.1, -0.05) is 15.9 Å². The molecule has 6 heteroatoms. The summed E-state index contributed by atoms with van der Waals surface area (Å²) in [7, 11) is 1.59. The number of hydrogen-bond donors (Lipinski definition) is 1. The molecular formula is C15H19BrN2O3. The van der Waals surface area contributed by atoms with Crippen molar-refractivity contribution in [3.63, 3.8) is 0 Å². The lowest BCUT2D eigenvalue weighted by atomic mass is 10.1. The summed E-state index contributed by atoms with van der Waals surface area (Å²) >= 11 is 3.35. The van der Waals surface area contributed by atoms with Crippen molar-refractivity contribution >= 4 is 27.7 Å². The zero-order chi connectivity index (χ0) is 15.2. The van der Waals surface area contributed by atoms with Gasteiger partial charge in [-0.25, -0.2) is 0 Å². The van der Waals surface area contributed by atoms with Crippen LogP contribution in [0.4, 0.5) is 0 Å². The quantitative estimate of drug-likeness (QED) is 0.820. The minimum absolute atomic E-state index is 0.0908. The summed E-state index contributed by atoms with van der Waals surface area (Å²) < 4.78 is 5.84. The van der Waals surface area contributed by atoms with Crippen LogP contribution in [0.3, 0.4) is 0 Å². The fourth-order valence-electron chi connectivity index (χ4n) is 2.43. The van der Waals surface area contributed by atoms with Crippen LogP contribution in [-0.4, -0.2) is 49.6 Å². The predicted molar refractivity (Wildman–Crippen MR) is 83.1 cm³/mol. The molecule has 1 heterocycles. The van der Waals surface area contributed by atoms with Crippen LogP contribution in [0.25, 0.3) is 0 Å². The van der Waals surface area contributed by atoms with Crippen LogP contribution >= 0.6 is 15.9 Å². The number of benzene rings is 1. The third-order valence-electron chi connectivity index (χ3n) is 3.51. The molecule has 0 bridgehead atoms. The van der Waals surface area contributed by atoms with E-state index in [-0.39, 0.29) is 17.9 Å². The Morgan fingerprint density at radius 3 is 2.76 bits per heavy atom. The molecule has 0 saturated carbocycles. The lowest BCUT2D eigenvalue weighted by molar-refractivity contribution is -0.125. The Bertz CT molecular complexity index is 504. The van der Waals surface area contributed by atoms with Crippen molar-refractivity contribution in [2.75, 3.05) is 26.8 Å². The van der Waals surface area contributed by atoms with Gasteiger partial charge < -0.3 is 15.0 Å². The smallest absolute Gasteiger partial charge is 0.254 e. The van der Waals surface area contributed by atoms with Gasteiger partial charge in [-0.3, -0.25) is 9.59 Å². The monoisotopic (exact) mass is 354 g/mol. The second-order valence-electron chi connectivity index (χ2n) is 4.95. The highest BCUT2D eigenvalue weighted by atomic mass is 79.9. The van der Waals surface area contributed by atoms with Crippen LogP contribution in [0, 0.1) is 0 Å². The molecule has 1 aromatic rings. The summed E-state index contributed by atoms with van der Waals surface area (Å²) in [5, 5.41) is 2.81. The molecule has 0 aromatic heterocycles. The minimum atomic E-state index is -0.377. The molecule has 21 heavy (non-hydrogen) atoms. The molecule has 0 aliphatic carbocycles. The Kier molecular flexibility index (Phi) is 5.76. The highest BCUT2D eigenvalue weighted by Gasteiger charge is 2.34. The van der Waals surface area contributed by atoms with Crippen LogP contribution < -0.4 is 5.32 Å². The number of halogens is 1. The molecule has 5 nitrogen and oxygen atoms in total. The molecule has 114 valence electrons. The molecule has 0 unspecified atom stereocenters. The van der Waals surface area contributed by atoms with Crippen LogP contribution in [0.1, 0.15) is 23.2 Å². The summed E-state index contributed by atoms with van der Waals surface area (Å²) in [5.74, 6) is -0.193. The van der Waals surface area contributed by atoms with Gasteiger partial charge in [-0.2, -0.15) is 0 Å². The Balaban J connectivity index is 2.02. The van der Waals surface area contributed by atoms with Crippen LogP contribution in [0.2, 0.25) is 0 Å². The topological polar surface area (TPSA) is 58.6 Å². The van der Waals surface area contributed by atoms with Crippen molar-refractivity contribution < 1.29 is 14.3 Å². The minimum Gasteiger partial charge on any atom is -0.383 e. The van der Waals surface area contributed by atoms with Gasteiger partial charge in [-0.05, 0) is 37.1 Å². The first kappa shape index (κ1) is 16.0. The number of likely N-dealkylation sites (tertiary alicyclic amines) is 1. The number of nitrogens with one attached hydrogen (secondary N) is 1. The van der Waals surface area contributed by atoms with Crippen molar-refractivity contribution in [3.8, 4) is 0 Å². The Hall–Kier alpha value is -1.40. The molecule has 2 amide bonds. The zero-order valence-electron chi connectivity index (χ0n) is 12.0. The Morgan fingerprint density at radius 1 is 1.38 bits per heavy atom. The molecule has 0 spiro atoms. The van der Waals surface area contributed by atoms with Crippen LogP contribution in [0.5, 0.6) is 0 Å². The number of carbonyl (C=O) groups excluding carboxylic acids is 2. The van der Waals surface area contributed by atoms with Gasteiger partial charge in [0, 0.05) is 30.2 Å². The van der Waals surface area contributed by atoms with E-state index >= 15 is 0 Å². The molecule has 1 atom stereocenters. The van der Waals surface area contributed by atoms with Crippen molar-refractivity contribution in [2.45, 2.75) is 18.9 Å². The highest BCUT2D eigenvalue weighted by Crippen LogP contribution is 2.21. The van der Waals surface area contributed by atoms with E-state index in [4.69, 9.17) is 4.74 Å². The maximum atomic E-state index is 12.5. The third-order valence-corrected chi connectivity index (χ3v) is 4.04. The van der Waals surface area contributed by atoms with E-state index in [9.17, 15) is 9.59 Å². The Morgan fingerprint density at radius 2 is 2.10 bits per heavy atom. The summed E-state index contributed by atoms with van der Waals surface area (Å²) in [6.07, 6.45) is 1.56. The van der Waals surface area contributed by atoms with E-state index in [1.54, 1.807) is 24.1 Å². The molecule has 1 aliphatic heterocycles. The van der Waals surface area contributed by atoms with Crippen LogP contribution in [0.15, 0.2) is 28.7 Å². The molecule has 1 saturated heterocycles. The SMILES string of the molecule is COCCNC(=O)[C@@H]1CCCN1C(=O)c1ccc(Br)cc1. The molecule has 1 aliphatic rings. The van der Waals surface area contributed by atoms with E-state index in [0.717, 1.165) is 10.9 Å². The average Bonchev–Trinajstić information content (AvgIpc) is 2.97. The van der Waals surface area contributed by atoms with Crippen molar-refractivity contribution in [1.29, 1.82) is 0 Å². The van der Waals surface area contributed by atoms with Crippen molar-refractivity contribution in [1.82, 2.24) is 10.2 Å². The zero-order valence-corrected chi connectivity index (χ0v) is 13.6. The molecule has 0 radical (unpaired) electrons. The summed E-state index contributed by atoms with van der Waals surface area (Å²) in [6, 6.07) is 6.82. The van der Waals surface area contributed by atoms with E-state index < -0.39 is 0 Å². The van der Waals surface area contributed by atoms with E-state index in [1.807, 2.05) is 12.1 Å². The maximum Gasteiger partial charge on any atom is 0.254 e. The molecule has 1 N–H and O–H groups in total. The Labute approximate surface area is 132 Å². The summed E-state index contributed by atoms with van der Waals surface area (Å²) in [6.45, 7) is 1.56. The number of nitrogens with zero attached hydrogens (tertiary/aromatic N) is 1. The van der Waals surface area contributed by atoms with E-state index in [1.165, 1.54) is 0 Å². The second-order valence-corrected chi connectivity index (χ2v) is 5.86. The largest absolute Gasteiger partial charge is 0.383 e. The van der Waals surface area contributed by atoms with Gasteiger partial charge >= 0.3 is 0 Å².